The normalized spacial score (nSPS) is 29.9. The van der Waals surface area contributed by atoms with Crippen LogP contribution in [0.25, 0.3) is 0 Å². The molecule has 6 nitrogen and oxygen atoms in total. The monoisotopic (exact) mass is 305 g/mol. The summed E-state index contributed by atoms with van der Waals surface area (Å²) in [5.41, 5.74) is 0. The summed E-state index contributed by atoms with van der Waals surface area (Å²) in [6.07, 6.45) is 6.43. The standard InChI is InChI=1S/C16H23N3O3/c20-16(15-3-6-17-22-15)18-7-4-13-14(5-8-18)21-10-9-19(13)11-12-1-2-12/h3,6,12-14H,1-2,4-5,7-11H2. The topological polar surface area (TPSA) is 58.8 Å². The number of fused-ring (bicyclic) bond motifs is 1. The summed E-state index contributed by atoms with van der Waals surface area (Å²) in [7, 11) is 0. The van der Waals surface area contributed by atoms with Gasteiger partial charge in [-0.25, -0.2) is 0 Å². The number of carbonyl (C=O) groups excluding carboxylic acids is 1. The predicted octanol–water partition coefficient (Wildman–Crippen LogP) is 1.39. The lowest BCUT2D eigenvalue weighted by atomic mass is 10.0. The minimum Gasteiger partial charge on any atom is -0.375 e. The van der Waals surface area contributed by atoms with Crippen LogP contribution >= 0.6 is 0 Å². The van der Waals surface area contributed by atoms with Crippen LogP contribution in [0.2, 0.25) is 0 Å². The Labute approximate surface area is 130 Å². The van der Waals surface area contributed by atoms with E-state index in [1.807, 2.05) is 4.90 Å². The van der Waals surface area contributed by atoms with E-state index >= 15 is 0 Å². The second-order valence-corrected chi connectivity index (χ2v) is 6.66. The zero-order chi connectivity index (χ0) is 14.9. The molecule has 2 aliphatic heterocycles. The molecular formula is C16H23N3O3. The van der Waals surface area contributed by atoms with Gasteiger partial charge in [-0.05, 0) is 31.6 Å². The minimum atomic E-state index is -0.0510. The third-order valence-electron chi connectivity index (χ3n) is 5.11. The van der Waals surface area contributed by atoms with Crippen LogP contribution in [-0.4, -0.2) is 65.8 Å². The molecule has 4 rings (SSSR count). The van der Waals surface area contributed by atoms with Gasteiger partial charge in [-0.3, -0.25) is 9.69 Å². The molecule has 0 N–H and O–H groups in total. The molecule has 1 amide bonds. The van der Waals surface area contributed by atoms with E-state index in [0.717, 1.165) is 45.0 Å². The first-order valence-electron chi connectivity index (χ1n) is 8.37. The van der Waals surface area contributed by atoms with Crippen molar-refractivity contribution in [2.24, 2.45) is 5.92 Å². The average Bonchev–Trinajstić information content (AvgIpc) is 3.23. The molecule has 6 heteroatoms. The van der Waals surface area contributed by atoms with Gasteiger partial charge in [0.05, 0.1) is 18.9 Å². The number of hydrogen-bond donors (Lipinski definition) is 0. The number of ether oxygens (including phenoxy) is 1. The van der Waals surface area contributed by atoms with Gasteiger partial charge in [0.1, 0.15) is 0 Å². The highest BCUT2D eigenvalue weighted by atomic mass is 16.5. The van der Waals surface area contributed by atoms with Crippen LogP contribution in [0.3, 0.4) is 0 Å². The van der Waals surface area contributed by atoms with Gasteiger partial charge >= 0.3 is 0 Å². The largest absolute Gasteiger partial charge is 0.375 e. The Morgan fingerprint density at radius 2 is 2.09 bits per heavy atom. The fraction of sp³-hybridized carbons (Fsp3) is 0.750. The zero-order valence-electron chi connectivity index (χ0n) is 12.8. The maximum atomic E-state index is 12.4. The van der Waals surface area contributed by atoms with Crippen molar-refractivity contribution in [2.75, 3.05) is 32.8 Å². The Kier molecular flexibility index (Phi) is 3.88. The average molecular weight is 305 g/mol. The summed E-state index contributed by atoms with van der Waals surface area (Å²) in [6.45, 7) is 4.57. The van der Waals surface area contributed by atoms with E-state index < -0.39 is 0 Å². The van der Waals surface area contributed by atoms with E-state index in [-0.39, 0.29) is 12.0 Å². The SMILES string of the molecule is O=C(c1ccno1)N1CCC2OCCN(CC3CC3)C2CC1. The van der Waals surface area contributed by atoms with Gasteiger partial charge < -0.3 is 14.2 Å². The van der Waals surface area contributed by atoms with Gasteiger partial charge in [0.2, 0.25) is 5.76 Å². The summed E-state index contributed by atoms with van der Waals surface area (Å²) in [4.78, 5) is 16.9. The molecule has 3 fully saturated rings. The van der Waals surface area contributed by atoms with Crippen molar-refractivity contribution < 1.29 is 14.1 Å². The molecular weight excluding hydrogens is 282 g/mol. The van der Waals surface area contributed by atoms with Crippen LogP contribution in [-0.2, 0) is 4.74 Å². The molecule has 120 valence electrons. The lowest BCUT2D eigenvalue weighted by Crippen LogP contribution is -2.51. The lowest BCUT2D eigenvalue weighted by molar-refractivity contribution is -0.0727. The van der Waals surface area contributed by atoms with Crippen LogP contribution in [0.4, 0.5) is 0 Å². The van der Waals surface area contributed by atoms with E-state index in [0.29, 0.717) is 11.8 Å². The van der Waals surface area contributed by atoms with Crippen molar-refractivity contribution in [3.63, 3.8) is 0 Å². The maximum Gasteiger partial charge on any atom is 0.292 e. The second kappa shape index (κ2) is 6.01. The Bertz CT molecular complexity index is 515. The smallest absolute Gasteiger partial charge is 0.292 e. The quantitative estimate of drug-likeness (QED) is 0.844. The number of likely N-dealkylation sites (tertiary alicyclic amines) is 1. The summed E-state index contributed by atoms with van der Waals surface area (Å²) < 4.78 is 11.0. The van der Waals surface area contributed by atoms with Crippen LogP contribution in [0.5, 0.6) is 0 Å². The number of amides is 1. The summed E-state index contributed by atoms with van der Waals surface area (Å²) in [5.74, 6) is 1.18. The van der Waals surface area contributed by atoms with Crippen LogP contribution in [0, 0.1) is 5.92 Å². The highest BCUT2D eigenvalue weighted by molar-refractivity contribution is 5.91. The number of hydrogen-bond acceptors (Lipinski definition) is 5. The molecule has 22 heavy (non-hydrogen) atoms. The van der Waals surface area contributed by atoms with Gasteiger partial charge in [-0.1, -0.05) is 5.16 Å². The molecule has 0 bridgehead atoms. The van der Waals surface area contributed by atoms with Crippen LogP contribution < -0.4 is 0 Å². The number of morpholine rings is 1. The number of rotatable bonds is 3. The van der Waals surface area contributed by atoms with Crippen molar-refractivity contribution in [3.05, 3.63) is 18.0 Å². The minimum absolute atomic E-state index is 0.0510. The van der Waals surface area contributed by atoms with Gasteiger partial charge in [0.25, 0.3) is 5.91 Å². The van der Waals surface area contributed by atoms with Crippen molar-refractivity contribution in [1.29, 1.82) is 0 Å². The summed E-state index contributed by atoms with van der Waals surface area (Å²) in [5, 5.41) is 3.63. The third kappa shape index (κ3) is 2.90. The lowest BCUT2D eigenvalue weighted by Gasteiger charge is -2.40. The van der Waals surface area contributed by atoms with Crippen LogP contribution in [0.1, 0.15) is 36.2 Å². The first-order chi connectivity index (χ1) is 10.8. The zero-order valence-corrected chi connectivity index (χ0v) is 12.8. The van der Waals surface area contributed by atoms with Gasteiger partial charge in [-0.15, -0.1) is 0 Å². The van der Waals surface area contributed by atoms with E-state index in [4.69, 9.17) is 9.26 Å². The Balaban J connectivity index is 1.43. The van der Waals surface area contributed by atoms with E-state index in [1.165, 1.54) is 25.6 Å². The molecule has 1 aromatic rings. The highest BCUT2D eigenvalue weighted by Crippen LogP contribution is 2.33. The third-order valence-corrected chi connectivity index (χ3v) is 5.11. The summed E-state index contributed by atoms with van der Waals surface area (Å²) >= 11 is 0. The Morgan fingerprint density at radius 3 is 2.86 bits per heavy atom. The van der Waals surface area contributed by atoms with E-state index in [9.17, 15) is 4.79 Å². The number of carbonyl (C=O) groups is 1. The van der Waals surface area contributed by atoms with Crippen molar-refractivity contribution in [1.82, 2.24) is 15.0 Å². The molecule has 3 heterocycles. The van der Waals surface area contributed by atoms with Crippen molar-refractivity contribution in [3.8, 4) is 0 Å². The fourth-order valence-corrected chi connectivity index (χ4v) is 3.70. The fourth-order valence-electron chi connectivity index (χ4n) is 3.70. The van der Waals surface area contributed by atoms with Crippen molar-refractivity contribution in [2.45, 2.75) is 37.8 Å². The Morgan fingerprint density at radius 1 is 1.23 bits per heavy atom. The van der Waals surface area contributed by atoms with Gasteiger partial charge in [0, 0.05) is 38.3 Å². The number of nitrogens with zero attached hydrogens (tertiary/aromatic N) is 3. The molecule has 1 saturated carbocycles. The Hall–Kier alpha value is -1.40. The molecule has 2 atom stereocenters. The first-order valence-corrected chi connectivity index (χ1v) is 8.37. The molecule has 2 saturated heterocycles. The molecule has 2 unspecified atom stereocenters. The van der Waals surface area contributed by atoms with Gasteiger partial charge in [-0.2, -0.15) is 0 Å². The molecule has 0 spiro atoms. The van der Waals surface area contributed by atoms with Crippen LogP contribution in [0.15, 0.2) is 16.8 Å². The second-order valence-electron chi connectivity index (χ2n) is 6.66. The molecule has 0 radical (unpaired) electrons. The highest BCUT2D eigenvalue weighted by Gasteiger charge is 2.38. The van der Waals surface area contributed by atoms with Gasteiger partial charge in [0.15, 0.2) is 0 Å². The molecule has 3 aliphatic rings. The molecule has 1 aliphatic carbocycles. The maximum absolute atomic E-state index is 12.4. The van der Waals surface area contributed by atoms with Crippen molar-refractivity contribution >= 4 is 5.91 Å². The summed E-state index contributed by atoms with van der Waals surface area (Å²) in [6, 6.07) is 2.10. The van der Waals surface area contributed by atoms with E-state index in [1.54, 1.807) is 6.07 Å². The first kappa shape index (κ1) is 14.2. The number of aromatic nitrogens is 1. The molecule has 1 aromatic heterocycles. The van der Waals surface area contributed by atoms with E-state index in [2.05, 4.69) is 10.1 Å². The predicted molar refractivity (Wildman–Crippen MR) is 79.5 cm³/mol. The molecule has 0 aromatic carbocycles.